The van der Waals surface area contributed by atoms with E-state index in [4.69, 9.17) is 14.2 Å². The molecule has 8 nitrogen and oxygen atoms in total. The molecule has 1 unspecified atom stereocenters. The van der Waals surface area contributed by atoms with Crippen molar-refractivity contribution in [3.63, 3.8) is 0 Å². The Labute approximate surface area is 197 Å². The van der Waals surface area contributed by atoms with Crippen molar-refractivity contribution in [1.82, 2.24) is 20.1 Å². The molecular formula is C24H28N4O4S. The molecule has 1 N–H and O–H groups in total. The van der Waals surface area contributed by atoms with Crippen LogP contribution in [0, 0.1) is 0 Å². The number of aromatic nitrogens is 3. The van der Waals surface area contributed by atoms with Crippen molar-refractivity contribution in [3.8, 4) is 11.5 Å². The first-order chi connectivity index (χ1) is 16.2. The number of nitrogens with zero attached hydrogens (tertiary/aromatic N) is 3. The lowest BCUT2D eigenvalue weighted by molar-refractivity contribution is 0.0943. The molecule has 2 heterocycles. The summed E-state index contributed by atoms with van der Waals surface area (Å²) in [6.45, 7) is 1.66. The van der Waals surface area contributed by atoms with Gasteiger partial charge in [-0.15, -0.1) is 10.2 Å². The standard InChI is InChI=1S/C24H28N4O4S/c1-30-19-11-6-12-20(31-2)22(19)23(29)25-14-21-26-27-24(33-16-18-10-7-13-32-18)28(21)15-17-8-4-3-5-9-17/h3-6,8-9,11-12,18H,7,10,13-16H2,1-2H3,(H,25,29). The van der Waals surface area contributed by atoms with Crippen molar-refractivity contribution in [2.24, 2.45) is 0 Å². The third-order valence-electron chi connectivity index (χ3n) is 5.46. The van der Waals surface area contributed by atoms with Crippen molar-refractivity contribution in [2.75, 3.05) is 26.6 Å². The first kappa shape index (κ1) is 23.1. The lowest BCUT2D eigenvalue weighted by Gasteiger charge is -2.14. The fraction of sp³-hybridized carbons (Fsp3) is 0.375. The van der Waals surface area contributed by atoms with Gasteiger partial charge < -0.3 is 24.1 Å². The molecule has 0 radical (unpaired) electrons. The van der Waals surface area contributed by atoms with Crippen molar-refractivity contribution >= 4 is 17.7 Å². The largest absolute Gasteiger partial charge is 0.496 e. The second-order valence-electron chi connectivity index (χ2n) is 7.64. The summed E-state index contributed by atoms with van der Waals surface area (Å²) in [5, 5.41) is 12.6. The number of amides is 1. The van der Waals surface area contributed by atoms with Gasteiger partial charge in [0.25, 0.3) is 5.91 Å². The molecular weight excluding hydrogens is 440 g/mol. The highest BCUT2D eigenvalue weighted by atomic mass is 32.2. The van der Waals surface area contributed by atoms with Gasteiger partial charge in [0.1, 0.15) is 17.1 Å². The van der Waals surface area contributed by atoms with Crippen molar-refractivity contribution in [2.45, 2.75) is 37.2 Å². The molecule has 33 heavy (non-hydrogen) atoms. The summed E-state index contributed by atoms with van der Waals surface area (Å²) in [6.07, 6.45) is 2.42. The normalized spacial score (nSPS) is 15.4. The highest BCUT2D eigenvalue weighted by Gasteiger charge is 2.21. The van der Waals surface area contributed by atoms with E-state index >= 15 is 0 Å². The van der Waals surface area contributed by atoms with Crippen molar-refractivity contribution < 1.29 is 19.0 Å². The first-order valence-electron chi connectivity index (χ1n) is 10.9. The van der Waals surface area contributed by atoms with Crippen LogP contribution in [0.2, 0.25) is 0 Å². The van der Waals surface area contributed by atoms with E-state index in [-0.39, 0.29) is 18.6 Å². The van der Waals surface area contributed by atoms with E-state index in [1.807, 2.05) is 18.2 Å². The molecule has 0 saturated carbocycles. The van der Waals surface area contributed by atoms with E-state index in [1.54, 1.807) is 30.0 Å². The quantitative estimate of drug-likeness (QED) is 0.455. The maximum Gasteiger partial charge on any atom is 0.259 e. The Hall–Kier alpha value is -3.04. The summed E-state index contributed by atoms with van der Waals surface area (Å²) >= 11 is 1.64. The number of hydrogen-bond donors (Lipinski definition) is 1. The van der Waals surface area contributed by atoms with Crippen LogP contribution in [0.25, 0.3) is 0 Å². The molecule has 4 rings (SSSR count). The number of benzene rings is 2. The molecule has 1 saturated heterocycles. The second kappa shape index (κ2) is 11.2. The molecule has 2 aromatic carbocycles. The van der Waals surface area contributed by atoms with Gasteiger partial charge in [-0.3, -0.25) is 4.79 Å². The second-order valence-corrected chi connectivity index (χ2v) is 8.62. The van der Waals surface area contributed by atoms with Crippen LogP contribution in [-0.2, 0) is 17.8 Å². The summed E-state index contributed by atoms with van der Waals surface area (Å²) in [5.74, 6) is 2.11. The van der Waals surface area contributed by atoms with E-state index in [1.165, 1.54) is 14.2 Å². The Bertz CT molecular complexity index is 1050. The van der Waals surface area contributed by atoms with Crippen LogP contribution in [0.3, 0.4) is 0 Å². The highest BCUT2D eigenvalue weighted by molar-refractivity contribution is 7.99. The molecule has 0 bridgehead atoms. The fourth-order valence-electron chi connectivity index (χ4n) is 3.75. The maximum absolute atomic E-state index is 13.0. The minimum atomic E-state index is -0.299. The minimum absolute atomic E-state index is 0.223. The zero-order valence-corrected chi connectivity index (χ0v) is 19.6. The van der Waals surface area contributed by atoms with Crippen LogP contribution < -0.4 is 14.8 Å². The molecule has 1 amide bonds. The molecule has 0 aliphatic carbocycles. The average Bonchev–Trinajstić information content (AvgIpc) is 3.51. The maximum atomic E-state index is 13.0. The number of nitrogens with one attached hydrogen (secondary N) is 1. The van der Waals surface area contributed by atoms with E-state index in [0.29, 0.717) is 29.4 Å². The van der Waals surface area contributed by atoms with Gasteiger partial charge >= 0.3 is 0 Å². The van der Waals surface area contributed by atoms with Gasteiger partial charge in [0.15, 0.2) is 11.0 Å². The van der Waals surface area contributed by atoms with Crippen LogP contribution in [-0.4, -0.2) is 53.4 Å². The van der Waals surface area contributed by atoms with Gasteiger partial charge in [0.2, 0.25) is 0 Å². The van der Waals surface area contributed by atoms with Gasteiger partial charge in [0.05, 0.1) is 33.4 Å². The van der Waals surface area contributed by atoms with E-state index in [0.717, 1.165) is 35.9 Å². The Morgan fingerprint density at radius 3 is 2.55 bits per heavy atom. The zero-order valence-electron chi connectivity index (χ0n) is 18.8. The molecule has 1 aliphatic rings. The van der Waals surface area contributed by atoms with Crippen LogP contribution in [0.5, 0.6) is 11.5 Å². The topological polar surface area (TPSA) is 87.5 Å². The molecule has 1 atom stereocenters. The molecule has 1 fully saturated rings. The predicted molar refractivity (Wildman–Crippen MR) is 126 cm³/mol. The number of carbonyl (C=O) groups excluding carboxylic acids is 1. The van der Waals surface area contributed by atoms with Crippen molar-refractivity contribution in [3.05, 3.63) is 65.5 Å². The van der Waals surface area contributed by atoms with Gasteiger partial charge in [-0.1, -0.05) is 48.2 Å². The van der Waals surface area contributed by atoms with Gasteiger partial charge in [-0.2, -0.15) is 0 Å². The predicted octanol–water partition coefficient (Wildman–Crippen LogP) is 3.54. The Balaban J connectivity index is 1.52. The summed E-state index contributed by atoms with van der Waals surface area (Å²) in [6, 6.07) is 15.4. The van der Waals surface area contributed by atoms with Gasteiger partial charge in [-0.25, -0.2) is 0 Å². The molecule has 3 aromatic rings. The number of hydrogen-bond acceptors (Lipinski definition) is 7. The number of carbonyl (C=O) groups is 1. The number of methoxy groups -OCH3 is 2. The first-order valence-corrected chi connectivity index (χ1v) is 11.9. The Morgan fingerprint density at radius 2 is 1.88 bits per heavy atom. The summed E-state index contributed by atoms with van der Waals surface area (Å²) < 4.78 is 18.5. The van der Waals surface area contributed by atoms with Crippen molar-refractivity contribution in [1.29, 1.82) is 0 Å². The van der Waals surface area contributed by atoms with Crippen LogP contribution in [0.4, 0.5) is 0 Å². The van der Waals surface area contributed by atoms with E-state index in [9.17, 15) is 4.79 Å². The number of ether oxygens (including phenoxy) is 3. The van der Waals surface area contributed by atoms with E-state index in [2.05, 4.69) is 32.2 Å². The lowest BCUT2D eigenvalue weighted by atomic mass is 10.1. The smallest absolute Gasteiger partial charge is 0.259 e. The average molecular weight is 469 g/mol. The van der Waals surface area contributed by atoms with E-state index < -0.39 is 0 Å². The number of thioether (sulfide) groups is 1. The van der Waals surface area contributed by atoms with Crippen LogP contribution in [0.15, 0.2) is 53.7 Å². The van der Waals surface area contributed by atoms with Gasteiger partial charge in [-0.05, 0) is 30.5 Å². The third-order valence-corrected chi connectivity index (χ3v) is 6.56. The van der Waals surface area contributed by atoms with Gasteiger partial charge in [0, 0.05) is 12.4 Å². The molecule has 174 valence electrons. The molecule has 1 aromatic heterocycles. The molecule has 1 aliphatic heterocycles. The Morgan fingerprint density at radius 1 is 1.12 bits per heavy atom. The fourth-order valence-corrected chi connectivity index (χ4v) is 4.77. The van der Waals surface area contributed by atoms with Crippen LogP contribution >= 0.6 is 11.8 Å². The highest BCUT2D eigenvalue weighted by Crippen LogP contribution is 2.28. The molecule has 9 heteroatoms. The minimum Gasteiger partial charge on any atom is -0.496 e. The zero-order chi connectivity index (χ0) is 23.0. The van der Waals surface area contributed by atoms with Crippen LogP contribution in [0.1, 0.15) is 34.6 Å². The third kappa shape index (κ3) is 5.66. The molecule has 0 spiro atoms. The number of rotatable bonds is 10. The SMILES string of the molecule is COc1cccc(OC)c1C(=O)NCc1nnc(SCC2CCCO2)n1Cc1ccccc1. The summed E-state index contributed by atoms with van der Waals surface area (Å²) in [7, 11) is 3.05. The summed E-state index contributed by atoms with van der Waals surface area (Å²) in [4.78, 5) is 13.0. The summed E-state index contributed by atoms with van der Waals surface area (Å²) in [5.41, 5.74) is 1.49. The Kier molecular flexibility index (Phi) is 7.85. The monoisotopic (exact) mass is 468 g/mol. The lowest BCUT2D eigenvalue weighted by Crippen LogP contribution is -2.26.